The zero-order valence-electron chi connectivity index (χ0n) is 11.7. The Bertz CT molecular complexity index is 864. The number of nitrogens with zero attached hydrogens (tertiary/aromatic N) is 2. The molecule has 0 unspecified atom stereocenters. The van der Waals surface area contributed by atoms with Gasteiger partial charge in [0.15, 0.2) is 0 Å². The van der Waals surface area contributed by atoms with Crippen LogP contribution in [0.2, 0.25) is 0 Å². The van der Waals surface area contributed by atoms with Gasteiger partial charge in [0.25, 0.3) is 0 Å². The summed E-state index contributed by atoms with van der Waals surface area (Å²) in [6.07, 6.45) is 3.68. The molecule has 0 spiro atoms. The number of hydrogen-bond acceptors (Lipinski definition) is 3. The molecule has 104 valence electrons. The van der Waals surface area contributed by atoms with E-state index in [-0.39, 0.29) is 5.97 Å². The van der Waals surface area contributed by atoms with E-state index in [1.165, 1.54) is 10.9 Å². The van der Waals surface area contributed by atoms with E-state index < -0.39 is 0 Å². The van der Waals surface area contributed by atoms with Gasteiger partial charge < -0.3 is 9.30 Å². The summed E-state index contributed by atoms with van der Waals surface area (Å²) in [4.78, 5) is 16.4. The Balaban J connectivity index is 1.93. The Labute approximate surface area is 122 Å². The number of pyridine rings is 1. The molecule has 4 rings (SSSR count). The summed E-state index contributed by atoms with van der Waals surface area (Å²) in [5.41, 5.74) is 4.84. The molecule has 0 atom stereocenters. The maximum absolute atomic E-state index is 11.9. The van der Waals surface area contributed by atoms with Crippen LogP contribution in [0.15, 0.2) is 42.7 Å². The molecule has 0 saturated carbocycles. The van der Waals surface area contributed by atoms with Crippen molar-refractivity contribution in [1.29, 1.82) is 0 Å². The van der Waals surface area contributed by atoms with Crippen LogP contribution in [0.25, 0.3) is 22.0 Å². The minimum atomic E-state index is -0.319. The molecule has 0 radical (unpaired) electrons. The number of aromatic nitrogens is 2. The number of fused-ring (bicyclic) bond motifs is 2. The van der Waals surface area contributed by atoms with Gasteiger partial charge in [-0.3, -0.25) is 4.98 Å². The fourth-order valence-corrected chi connectivity index (χ4v) is 2.95. The van der Waals surface area contributed by atoms with Crippen molar-refractivity contribution < 1.29 is 9.53 Å². The normalized spacial score (nSPS) is 12.2. The van der Waals surface area contributed by atoms with Gasteiger partial charge in [0.1, 0.15) is 0 Å². The lowest BCUT2D eigenvalue weighted by Crippen LogP contribution is -2.11. The number of esters is 1. The Morgan fingerprint density at radius 1 is 1.33 bits per heavy atom. The molecule has 21 heavy (non-hydrogen) atoms. The van der Waals surface area contributed by atoms with Crippen molar-refractivity contribution in [2.45, 2.75) is 13.5 Å². The number of para-hydroxylation sites is 1. The molecule has 0 aliphatic carbocycles. The molecule has 0 fully saturated rings. The van der Waals surface area contributed by atoms with Crippen LogP contribution in [0, 0.1) is 0 Å². The van der Waals surface area contributed by atoms with Gasteiger partial charge in [-0.05, 0) is 19.1 Å². The van der Waals surface area contributed by atoms with Gasteiger partial charge in [-0.15, -0.1) is 0 Å². The molecule has 2 aromatic heterocycles. The van der Waals surface area contributed by atoms with Crippen LogP contribution in [-0.4, -0.2) is 22.1 Å². The third-order valence-electron chi connectivity index (χ3n) is 3.88. The van der Waals surface area contributed by atoms with Gasteiger partial charge in [-0.25, -0.2) is 4.79 Å². The van der Waals surface area contributed by atoms with E-state index in [0.29, 0.717) is 12.2 Å². The first kappa shape index (κ1) is 12.1. The predicted octanol–water partition coefficient (Wildman–Crippen LogP) is 3.24. The van der Waals surface area contributed by atoms with Gasteiger partial charge >= 0.3 is 5.97 Å². The maximum atomic E-state index is 11.9. The second kappa shape index (κ2) is 4.45. The molecule has 3 aromatic rings. The molecule has 0 amide bonds. The standard InChI is InChI=1S/C17H14N2O2/c1-2-21-17(20)12-8-14-13-5-3-4-11-6-7-19(16(11)13)10-15(14)18-9-12/h3-9H,2,10H2,1H3. The molecule has 4 heteroatoms. The molecule has 0 N–H and O–H groups in total. The van der Waals surface area contributed by atoms with Gasteiger partial charge in [0, 0.05) is 28.9 Å². The largest absolute Gasteiger partial charge is 0.462 e. The lowest BCUT2D eigenvalue weighted by molar-refractivity contribution is 0.0526. The van der Waals surface area contributed by atoms with Crippen LogP contribution in [-0.2, 0) is 11.3 Å². The number of ether oxygens (including phenoxy) is 1. The second-order valence-corrected chi connectivity index (χ2v) is 5.13. The van der Waals surface area contributed by atoms with Crippen molar-refractivity contribution in [2.75, 3.05) is 6.61 Å². The highest BCUT2D eigenvalue weighted by Crippen LogP contribution is 2.36. The first-order valence-electron chi connectivity index (χ1n) is 7.02. The van der Waals surface area contributed by atoms with Crippen molar-refractivity contribution >= 4 is 16.9 Å². The minimum absolute atomic E-state index is 0.319. The molecule has 3 heterocycles. The third kappa shape index (κ3) is 1.76. The summed E-state index contributed by atoms with van der Waals surface area (Å²) < 4.78 is 7.26. The molecular weight excluding hydrogens is 264 g/mol. The Hall–Kier alpha value is -2.62. The first-order chi connectivity index (χ1) is 10.3. The smallest absolute Gasteiger partial charge is 0.339 e. The fraction of sp³-hybridized carbons (Fsp3) is 0.176. The molecule has 1 aliphatic rings. The van der Waals surface area contributed by atoms with E-state index >= 15 is 0 Å². The van der Waals surface area contributed by atoms with E-state index in [2.05, 4.69) is 33.9 Å². The van der Waals surface area contributed by atoms with Crippen LogP contribution < -0.4 is 0 Å². The van der Waals surface area contributed by atoms with Crippen molar-refractivity contribution in [3.63, 3.8) is 0 Å². The summed E-state index contributed by atoms with van der Waals surface area (Å²) in [5.74, 6) is -0.319. The molecule has 4 nitrogen and oxygen atoms in total. The van der Waals surface area contributed by atoms with E-state index in [0.717, 1.165) is 23.4 Å². The topological polar surface area (TPSA) is 44.1 Å². The molecule has 0 bridgehead atoms. The quantitative estimate of drug-likeness (QED) is 0.529. The van der Waals surface area contributed by atoms with Crippen molar-refractivity contribution in [1.82, 2.24) is 9.55 Å². The highest BCUT2D eigenvalue weighted by molar-refractivity contribution is 5.98. The van der Waals surface area contributed by atoms with E-state index in [4.69, 9.17) is 4.74 Å². The predicted molar refractivity (Wildman–Crippen MR) is 80.2 cm³/mol. The molecule has 0 saturated heterocycles. The van der Waals surface area contributed by atoms with Crippen LogP contribution in [0.5, 0.6) is 0 Å². The van der Waals surface area contributed by atoms with E-state index in [1.54, 1.807) is 13.1 Å². The zero-order chi connectivity index (χ0) is 14.4. The van der Waals surface area contributed by atoms with Crippen LogP contribution in [0.4, 0.5) is 0 Å². The average molecular weight is 278 g/mol. The summed E-state index contributed by atoms with van der Waals surface area (Å²) in [5, 5.41) is 1.21. The lowest BCUT2D eigenvalue weighted by Gasteiger charge is -2.19. The number of rotatable bonds is 2. The summed E-state index contributed by atoms with van der Waals surface area (Å²) >= 11 is 0. The summed E-state index contributed by atoms with van der Waals surface area (Å²) in [7, 11) is 0. The molecular formula is C17H14N2O2. The van der Waals surface area contributed by atoms with E-state index in [9.17, 15) is 4.79 Å². The fourth-order valence-electron chi connectivity index (χ4n) is 2.95. The monoisotopic (exact) mass is 278 g/mol. The highest BCUT2D eigenvalue weighted by Gasteiger charge is 2.20. The Kier molecular flexibility index (Phi) is 2.57. The van der Waals surface area contributed by atoms with Crippen LogP contribution in [0.1, 0.15) is 23.0 Å². The zero-order valence-corrected chi connectivity index (χ0v) is 11.7. The highest BCUT2D eigenvalue weighted by atomic mass is 16.5. The number of benzene rings is 1. The van der Waals surface area contributed by atoms with E-state index in [1.807, 2.05) is 12.1 Å². The maximum Gasteiger partial charge on any atom is 0.339 e. The third-order valence-corrected chi connectivity index (χ3v) is 3.88. The van der Waals surface area contributed by atoms with Gasteiger partial charge in [-0.2, -0.15) is 0 Å². The van der Waals surface area contributed by atoms with Gasteiger partial charge in [-0.1, -0.05) is 18.2 Å². The molecule has 1 aliphatic heterocycles. The number of carbonyl (C=O) groups excluding carboxylic acids is 1. The Morgan fingerprint density at radius 2 is 2.24 bits per heavy atom. The van der Waals surface area contributed by atoms with Gasteiger partial charge in [0.2, 0.25) is 0 Å². The van der Waals surface area contributed by atoms with Gasteiger partial charge in [0.05, 0.1) is 29.9 Å². The minimum Gasteiger partial charge on any atom is -0.462 e. The number of carbonyl (C=O) groups is 1. The second-order valence-electron chi connectivity index (χ2n) is 5.13. The number of hydrogen-bond donors (Lipinski definition) is 0. The van der Waals surface area contributed by atoms with Crippen molar-refractivity contribution in [2.24, 2.45) is 0 Å². The lowest BCUT2D eigenvalue weighted by atomic mass is 9.97. The Morgan fingerprint density at radius 3 is 3.10 bits per heavy atom. The SMILES string of the molecule is CCOC(=O)c1cnc2c(c1)-c1cccc3ccn(c13)C2. The molecule has 1 aromatic carbocycles. The van der Waals surface area contributed by atoms with Crippen LogP contribution >= 0.6 is 0 Å². The average Bonchev–Trinajstić information content (AvgIpc) is 2.92. The van der Waals surface area contributed by atoms with Crippen molar-refractivity contribution in [3.05, 3.63) is 54.0 Å². The first-order valence-corrected chi connectivity index (χ1v) is 7.02. The van der Waals surface area contributed by atoms with Crippen molar-refractivity contribution in [3.8, 4) is 11.1 Å². The van der Waals surface area contributed by atoms with Crippen LogP contribution in [0.3, 0.4) is 0 Å². The summed E-state index contributed by atoms with van der Waals surface area (Å²) in [6.45, 7) is 2.91. The summed E-state index contributed by atoms with van der Waals surface area (Å²) in [6, 6.07) is 10.2.